The van der Waals surface area contributed by atoms with Gasteiger partial charge in [-0.2, -0.15) is 0 Å². The fourth-order valence-corrected chi connectivity index (χ4v) is 2.10. The van der Waals surface area contributed by atoms with Crippen LogP contribution < -0.4 is 5.32 Å². The molecular formula is C10H16ClN3OS. The molecule has 1 aliphatic heterocycles. The smallest absolute Gasteiger partial charge is 0.120 e. The lowest BCUT2D eigenvalue weighted by Crippen LogP contribution is -2.17. The molecule has 0 spiro atoms. The molecule has 4 nitrogen and oxygen atoms in total. The summed E-state index contributed by atoms with van der Waals surface area (Å²) in [4.78, 5) is 8.53. The molecule has 16 heavy (non-hydrogen) atoms. The molecule has 2 rings (SSSR count). The number of halogens is 1. The first-order valence-corrected chi connectivity index (χ1v) is 6.29. The topological polar surface area (TPSA) is 47.0 Å². The van der Waals surface area contributed by atoms with E-state index in [9.17, 15) is 0 Å². The number of thioether (sulfide) groups is 1. The van der Waals surface area contributed by atoms with Crippen LogP contribution in [0, 0.1) is 0 Å². The van der Waals surface area contributed by atoms with E-state index in [0.717, 1.165) is 30.2 Å². The van der Waals surface area contributed by atoms with Crippen LogP contribution in [0.3, 0.4) is 0 Å². The highest BCUT2D eigenvalue weighted by atomic mass is 35.5. The van der Waals surface area contributed by atoms with Crippen LogP contribution >= 0.6 is 24.2 Å². The van der Waals surface area contributed by atoms with Crippen LogP contribution in [0.1, 0.15) is 12.1 Å². The van der Waals surface area contributed by atoms with Crippen LogP contribution in [0.5, 0.6) is 0 Å². The molecule has 0 radical (unpaired) electrons. The van der Waals surface area contributed by atoms with Gasteiger partial charge in [-0.25, -0.2) is 4.98 Å². The molecule has 1 aliphatic rings. The minimum Gasteiger partial charge on any atom is -0.370 e. The minimum absolute atomic E-state index is 0. The van der Waals surface area contributed by atoms with Gasteiger partial charge >= 0.3 is 0 Å². The van der Waals surface area contributed by atoms with Crippen LogP contribution in [0.15, 0.2) is 17.4 Å². The third-order valence-electron chi connectivity index (χ3n) is 2.40. The van der Waals surface area contributed by atoms with Gasteiger partial charge < -0.3 is 10.1 Å². The Morgan fingerprint density at radius 1 is 1.50 bits per heavy atom. The molecular weight excluding hydrogens is 246 g/mol. The summed E-state index contributed by atoms with van der Waals surface area (Å²) in [6.45, 7) is 2.58. The molecule has 0 saturated carbocycles. The molecule has 0 amide bonds. The van der Waals surface area contributed by atoms with Gasteiger partial charge in [0.25, 0.3) is 0 Å². The highest BCUT2D eigenvalue weighted by Crippen LogP contribution is 2.16. The third kappa shape index (κ3) is 3.59. The van der Waals surface area contributed by atoms with Crippen LogP contribution in [-0.2, 0) is 11.3 Å². The quantitative estimate of drug-likeness (QED) is 0.833. The van der Waals surface area contributed by atoms with Crippen molar-refractivity contribution >= 4 is 24.2 Å². The highest BCUT2D eigenvalue weighted by Gasteiger charge is 2.15. The fourth-order valence-electron chi connectivity index (χ4n) is 1.59. The lowest BCUT2D eigenvalue weighted by molar-refractivity contribution is 0.0506. The van der Waals surface area contributed by atoms with E-state index in [-0.39, 0.29) is 12.4 Å². The normalized spacial score (nSPS) is 19.4. The molecule has 1 atom stereocenters. The second-order valence-corrected chi connectivity index (χ2v) is 4.23. The van der Waals surface area contributed by atoms with Gasteiger partial charge in [-0.3, -0.25) is 4.98 Å². The van der Waals surface area contributed by atoms with E-state index in [2.05, 4.69) is 15.3 Å². The molecule has 1 N–H and O–H groups in total. The van der Waals surface area contributed by atoms with E-state index >= 15 is 0 Å². The summed E-state index contributed by atoms with van der Waals surface area (Å²) in [5, 5.41) is 4.23. The van der Waals surface area contributed by atoms with Gasteiger partial charge in [0.2, 0.25) is 0 Å². The predicted octanol–water partition coefficient (Wildman–Crippen LogP) is 1.50. The second-order valence-electron chi connectivity index (χ2n) is 3.44. The number of aromatic nitrogens is 2. The van der Waals surface area contributed by atoms with Gasteiger partial charge in [0, 0.05) is 18.9 Å². The van der Waals surface area contributed by atoms with Gasteiger partial charge in [0.15, 0.2) is 0 Å². The Morgan fingerprint density at radius 3 is 3.00 bits per heavy atom. The molecule has 0 bridgehead atoms. The summed E-state index contributed by atoms with van der Waals surface area (Å²) in [7, 11) is 0. The Labute approximate surface area is 106 Å². The third-order valence-corrected chi connectivity index (χ3v) is 3.13. The standard InChI is InChI=1S/C10H15N3OS.ClH/c1-15-10-9(12-4-5-13-10)7-14-8-2-3-11-6-8;/h4-5,8,11H,2-3,6-7H2,1H3;1H. The number of hydrogen-bond acceptors (Lipinski definition) is 5. The summed E-state index contributed by atoms with van der Waals surface area (Å²) in [6, 6.07) is 0. The van der Waals surface area contributed by atoms with Gasteiger partial charge in [-0.1, -0.05) is 0 Å². The van der Waals surface area contributed by atoms with E-state index in [0.29, 0.717) is 12.7 Å². The Bertz CT molecular complexity index is 321. The monoisotopic (exact) mass is 261 g/mol. The van der Waals surface area contributed by atoms with Crippen LogP contribution in [0.25, 0.3) is 0 Å². The van der Waals surface area contributed by atoms with E-state index < -0.39 is 0 Å². The Hall–Kier alpha value is -0.360. The number of ether oxygens (including phenoxy) is 1. The van der Waals surface area contributed by atoms with Gasteiger partial charge in [-0.15, -0.1) is 24.2 Å². The number of nitrogens with one attached hydrogen (secondary N) is 1. The van der Waals surface area contributed by atoms with Crippen molar-refractivity contribution in [2.75, 3.05) is 19.3 Å². The molecule has 1 saturated heterocycles. The first-order chi connectivity index (χ1) is 7.40. The fraction of sp³-hybridized carbons (Fsp3) is 0.600. The summed E-state index contributed by atoms with van der Waals surface area (Å²) >= 11 is 1.61. The highest BCUT2D eigenvalue weighted by molar-refractivity contribution is 7.98. The van der Waals surface area contributed by atoms with E-state index in [4.69, 9.17) is 4.74 Å². The Morgan fingerprint density at radius 2 is 2.31 bits per heavy atom. The van der Waals surface area contributed by atoms with Crippen molar-refractivity contribution in [3.8, 4) is 0 Å². The number of hydrogen-bond donors (Lipinski definition) is 1. The Balaban J connectivity index is 0.00000128. The Kier molecular flexibility index (Phi) is 6.05. The first-order valence-electron chi connectivity index (χ1n) is 5.06. The maximum absolute atomic E-state index is 5.75. The van der Waals surface area contributed by atoms with Gasteiger partial charge in [0.05, 0.1) is 18.4 Å². The van der Waals surface area contributed by atoms with Crippen molar-refractivity contribution in [1.82, 2.24) is 15.3 Å². The van der Waals surface area contributed by atoms with Crippen molar-refractivity contribution in [3.63, 3.8) is 0 Å². The largest absolute Gasteiger partial charge is 0.370 e. The first kappa shape index (κ1) is 13.7. The van der Waals surface area contributed by atoms with Gasteiger partial charge in [0.1, 0.15) is 5.03 Å². The van der Waals surface area contributed by atoms with Crippen molar-refractivity contribution in [2.45, 2.75) is 24.2 Å². The van der Waals surface area contributed by atoms with Crippen molar-refractivity contribution in [3.05, 3.63) is 18.1 Å². The summed E-state index contributed by atoms with van der Waals surface area (Å²) < 4.78 is 5.75. The van der Waals surface area contributed by atoms with Crippen LogP contribution in [0.4, 0.5) is 0 Å². The summed E-state index contributed by atoms with van der Waals surface area (Å²) in [5.74, 6) is 0. The van der Waals surface area contributed by atoms with E-state index in [1.165, 1.54) is 0 Å². The number of nitrogens with zero attached hydrogens (tertiary/aromatic N) is 2. The average Bonchev–Trinajstić information content (AvgIpc) is 2.79. The molecule has 0 aromatic carbocycles. The predicted molar refractivity (Wildman–Crippen MR) is 67.1 cm³/mol. The average molecular weight is 262 g/mol. The zero-order chi connectivity index (χ0) is 10.5. The van der Waals surface area contributed by atoms with Crippen LogP contribution in [0.2, 0.25) is 0 Å². The SMILES string of the molecule is CSc1nccnc1COC1CCNC1.Cl. The van der Waals surface area contributed by atoms with Crippen LogP contribution in [-0.4, -0.2) is 35.4 Å². The maximum atomic E-state index is 5.75. The van der Waals surface area contributed by atoms with Crippen molar-refractivity contribution < 1.29 is 4.74 Å². The lowest BCUT2D eigenvalue weighted by atomic mass is 10.3. The molecule has 0 aliphatic carbocycles. The molecule has 2 heterocycles. The maximum Gasteiger partial charge on any atom is 0.120 e. The summed E-state index contributed by atoms with van der Waals surface area (Å²) in [5.41, 5.74) is 0.942. The minimum atomic E-state index is 0. The zero-order valence-corrected chi connectivity index (χ0v) is 10.8. The second kappa shape index (κ2) is 7.06. The lowest BCUT2D eigenvalue weighted by Gasteiger charge is -2.10. The summed E-state index contributed by atoms with van der Waals surface area (Å²) in [6.07, 6.45) is 6.86. The molecule has 1 unspecified atom stereocenters. The van der Waals surface area contributed by atoms with Crippen molar-refractivity contribution in [1.29, 1.82) is 0 Å². The molecule has 1 aromatic rings. The molecule has 1 fully saturated rings. The van der Waals surface area contributed by atoms with Gasteiger partial charge in [-0.05, 0) is 19.2 Å². The zero-order valence-electron chi connectivity index (χ0n) is 9.18. The number of rotatable bonds is 4. The van der Waals surface area contributed by atoms with E-state index in [1.54, 1.807) is 24.2 Å². The van der Waals surface area contributed by atoms with Crippen molar-refractivity contribution in [2.24, 2.45) is 0 Å². The molecule has 90 valence electrons. The van der Waals surface area contributed by atoms with E-state index in [1.807, 2.05) is 6.26 Å². The molecule has 6 heteroatoms. The molecule has 1 aromatic heterocycles.